The van der Waals surface area contributed by atoms with E-state index in [1.54, 1.807) is 19.2 Å². The summed E-state index contributed by atoms with van der Waals surface area (Å²) in [5.41, 5.74) is 0.774. The molecule has 1 radical (unpaired) electrons. The Kier molecular flexibility index (Phi) is 2.02. The molecule has 0 aliphatic heterocycles. The van der Waals surface area contributed by atoms with Crippen LogP contribution in [0.3, 0.4) is 0 Å². The van der Waals surface area contributed by atoms with E-state index in [2.05, 4.69) is 16.2 Å². The summed E-state index contributed by atoms with van der Waals surface area (Å²) in [6.07, 6.45) is 4.23. The average Bonchev–Trinajstić information content (AvgIpc) is 2.17. The van der Waals surface area contributed by atoms with Crippen LogP contribution in [-0.4, -0.2) is 17.1 Å². The monoisotopic (exact) mass is 193 g/mol. The van der Waals surface area contributed by atoms with Crippen molar-refractivity contribution in [1.29, 1.82) is 0 Å². The molecule has 0 bridgehead atoms. The van der Waals surface area contributed by atoms with Crippen molar-refractivity contribution in [2.75, 3.05) is 7.11 Å². The van der Waals surface area contributed by atoms with Crippen molar-refractivity contribution in [2.45, 2.75) is 0 Å². The lowest BCUT2D eigenvalue weighted by Gasteiger charge is -2.03. The molecular weight excluding hydrogens is 188 g/mol. The van der Waals surface area contributed by atoms with E-state index in [-0.39, 0.29) is 0 Å². The highest BCUT2D eigenvalue weighted by molar-refractivity contribution is 6.32. The summed E-state index contributed by atoms with van der Waals surface area (Å²) in [4.78, 5) is 7.82. The number of hydrogen-bond acceptors (Lipinski definition) is 3. The van der Waals surface area contributed by atoms with Crippen LogP contribution >= 0.6 is 11.6 Å². The van der Waals surface area contributed by atoms with Gasteiger partial charge in [-0.15, -0.1) is 0 Å². The Labute approximate surface area is 80.3 Å². The van der Waals surface area contributed by atoms with Crippen molar-refractivity contribution in [3.05, 3.63) is 29.7 Å². The molecule has 1 aromatic heterocycles. The standard InChI is InChI=1S/C9H6ClN2O/c1-13-9-3-8-6(2-7(9)10)4-11-5-12-8/h2-3,5H,1H3. The van der Waals surface area contributed by atoms with Crippen LogP contribution in [0.2, 0.25) is 5.02 Å². The molecule has 0 aliphatic rings. The molecule has 0 fully saturated rings. The topological polar surface area (TPSA) is 35.0 Å². The van der Waals surface area contributed by atoms with Crippen molar-refractivity contribution in [1.82, 2.24) is 9.97 Å². The summed E-state index contributed by atoms with van der Waals surface area (Å²) >= 11 is 5.90. The van der Waals surface area contributed by atoms with E-state index in [0.717, 1.165) is 10.9 Å². The molecule has 2 aromatic rings. The van der Waals surface area contributed by atoms with Gasteiger partial charge in [-0.1, -0.05) is 11.6 Å². The van der Waals surface area contributed by atoms with Crippen LogP contribution in [0, 0.1) is 6.20 Å². The minimum atomic E-state index is 0.543. The van der Waals surface area contributed by atoms with Crippen LogP contribution in [0.4, 0.5) is 0 Å². The second kappa shape index (κ2) is 3.18. The Hall–Kier alpha value is -1.35. The molecule has 0 N–H and O–H groups in total. The van der Waals surface area contributed by atoms with Gasteiger partial charge in [0.25, 0.3) is 0 Å². The number of ether oxygens (including phenoxy) is 1. The van der Waals surface area contributed by atoms with Crippen LogP contribution in [0.25, 0.3) is 10.9 Å². The van der Waals surface area contributed by atoms with Crippen molar-refractivity contribution in [3.63, 3.8) is 0 Å². The fraction of sp³-hybridized carbons (Fsp3) is 0.111. The fourth-order valence-electron chi connectivity index (χ4n) is 1.08. The first-order chi connectivity index (χ1) is 6.31. The van der Waals surface area contributed by atoms with Gasteiger partial charge in [0.15, 0.2) is 0 Å². The zero-order valence-electron chi connectivity index (χ0n) is 6.91. The van der Waals surface area contributed by atoms with Gasteiger partial charge in [0.2, 0.25) is 0 Å². The second-order valence-electron chi connectivity index (χ2n) is 2.49. The highest BCUT2D eigenvalue weighted by atomic mass is 35.5. The van der Waals surface area contributed by atoms with E-state index in [1.807, 2.05) is 0 Å². The molecule has 13 heavy (non-hydrogen) atoms. The van der Waals surface area contributed by atoms with Gasteiger partial charge in [0.05, 0.1) is 17.6 Å². The lowest BCUT2D eigenvalue weighted by atomic mass is 10.2. The first kappa shape index (κ1) is 8.26. The van der Waals surface area contributed by atoms with Gasteiger partial charge in [-0.2, -0.15) is 0 Å². The summed E-state index contributed by atoms with van der Waals surface area (Å²) in [6.45, 7) is 0. The summed E-state index contributed by atoms with van der Waals surface area (Å²) in [7, 11) is 1.57. The number of halogens is 1. The molecule has 1 heterocycles. The van der Waals surface area contributed by atoms with E-state index in [9.17, 15) is 0 Å². The third kappa shape index (κ3) is 1.42. The van der Waals surface area contributed by atoms with E-state index in [0.29, 0.717) is 10.8 Å². The lowest BCUT2D eigenvalue weighted by Crippen LogP contribution is -1.87. The minimum Gasteiger partial charge on any atom is -0.495 e. The van der Waals surface area contributed by atoms with Crippen molar-refractivity contribution in [3.8, 4) is 5.75 Å². The fourth-order valence-corrected chi connectivity index (χ4v) is 1.33. The molecule has 0 atom stereocenters. The number of aromatic nitrogens is 2. The quantitative estimate of drug-likeness (QED) is 0.696. The molecule has 0 aliphatic carbocycles. The summed E-state index contributed by atoms with van der Waals surface area (Å²) in [6, 6.07) is 3.49. The Morgan fingerprint density at radius 1 is 1.46 bits per heavy atom. The molecule has 4 heteroatoms. The molecule has 65 valence electrons. The molecular formula is C9H6ClN2O. The normalized spacial score (nSPS) is 10.3. The van der Waals surface area contributed by atoms with Crippen LogP contribution in [0.1, 0.15) is 0 Å². The maximum absolute atomic E-state index is 5.90. The molecule has 0 saturated carbocycles. The molecule has 0 amide bonds. The van der Waals surface area contributed by atoms with Gasteiger partial charge in [-0.05, 0) is 6.07 Å². The first-order valence-corrected chi connectivity index (χ1v) is 4.05. The van der Waals surface area contributed by atoms with Crippen molar-refractivity contribution < 1.29 is 4.74 Å². The Morgan fingerprint density at radius 2 is 2.31 bits per heavy atom. The molecule has 0 unspecified atom stereocenters. The van der Waals surface area contributed by atoms with Crippen LogP contribution in [0.15, 0.2) is 18.5 Å². The third-order valence-electron chi connectivity index (χ3n) is 1.71. The van der Waals surface area contributed by atoms with Crippen LogP contribution in [0.5, 0.6) is 5.75 Å². The minimum absolute atomic E-state index is 0.543. The van der Waals surface area contributed by atoms with E-state index in [1.165, 1.54) is 6.33 Å². The highest BCUT2D eigenvalue weighted by Gasteiger charge is 2.03. The number of nitrogens with zero attached hydrogens (tertiary/aromatic N) is 2. The number of hydrogen-bond donors (Lipinski definition) is 0. The zero-order valence-corrected chi connectivity index (χ0v) is 7.67. The summed E-state index contributed by atoms with van der Waals surface area (Å²) in [5, 5.41) is 1.33. The predicted octanol–water partition coefficient (Wildman–Crippen LogP) is 2.09. The number of benzene rings is 1. The van der Waals surface area contributed by atoms with E-state index >= 15 is 0 Å². The van der Waals surface area contributed by atoms with Gasteiger partial charge in [-0.25, -0.2) is 9.97 Å². The van der Waals surface area contributed by atoms with E-state index in [4.69, 9.17) is 16.3 Å². The Balaban J connectivity index is 2.74. The van der Waals surface area contributed by atoms with Gasteiger partial charge in [-0.3, -0.25) is 0 Å². The molecule has 1 aromatic carbocycles. The maximum atomic E-state index is 5.90. The molecule has 2 rings (SSSR count). The third-order valence-corrected chi connectivity index (χ3v) is 2.01. The Morgan fingerprint density at radius 3 is 3.08 bits per heavy atom. The van der Waals surface area contributed by atoms with E-state index < -0.39 is 0 Å². The number of rotatable bonds is 1. The SMILES string of the molecule is COc1cc2ncn[c]c2cc1Cl. The van der Waals surface area contributed by atoms with Crippen molar-refractivity contribution in [2.24, 2.45) is 0 Å². The molecule has 0 spiro atoms. The Bertz CT molecular complexity index is 445. The molecule has 0 saturated heterocycles. The largest absolute Gasteiger partial charge is 0.495 e. The maximum Gasteiger partial charge on any atom is 0.139 e. The second-order valence-corrected chi connectivity index (χ2v) is 2.90. The van der Waals surface area contributed by atoms with Gasteiger partial charge in [0, 0.05) is 11.5 Å². The zero-order chi connectivity index (χ0) is 9.26. The van der Waals surface area contributed by atoms with Crippen LogP contribution < -0.4 is 4.74 Å². The number of fused-ring (bicyclic) bond motifs is 1. The summed E-state index contributed by atoms with van der Waals surface area (Å²) < 4.78 is 5.05. The van der Waals surface area contributed by atoms with Gasteiger partial charge >= 0.3 is 0 Å². The lowest BCUT2D eigenvalue weighted by molar-refractivity contribution is 0.415. The van der Waals surface area contributed by atoms with Gasteiger partial charge in [0.1, 0.15) is 18.3 Å². The number of methoxy groups -OCH3 is 1. The highest BCUT2D eigenvalue weighted by Crippen LogP contribution is 2.27. The molecule has 3 nitrogen and oxygen atoms in total. The average molecular weight is 194 g/mol. The summed E-state index contributed by atoms with van der Waals surface area (Å²) in [5.74, 6) is 0.612. The smallest absolute Gasteiger partial charge is 0.139 e. The van der Waals surface area contributed by atoms with Crippen molar-refractivity contribution >= 4 is 22.5 Å². The van der Waals surface area contributed by atoms with Gasteiger partial charge < -0.3 is 4.74 Å². The first-order valence-electron chi connectivity index (χ1n) is 3.67. The predicted molar refractivity (Wildman–Crippen MR) is 49.9 cm³/mol. The van der Waals surface area contributed by atoms with Crippen LogP contribution in [-0.2, 0) is 0 Å².